The highest BCUT2D eigenvalue weighted by Crippen LogP contribution is 2.27. The molecular formula is C15H20ClNO2S. The van der Waals surface area contributed by atoms with Crippen LogP contribution in [0.4, 0.5) is 0 Å². The minimum atomic E-state index is -0.732. The third-order valence-electron chi connectivity index (χ3n) is 3.44. The number of hydrogen-bond donors (Lipinski definition) is 1. The third-order valence-corrected chi connectivity index (χ3v) is 4.95. The lowest BCUT2D eigenvalue weighted by Crippen LogP contribution is -2.48. The Morgan fingerprint density at radius 3 is 2.95 bits per heavy atom. The van der Waals surface area contributed by atoms with Crippen molar-refractivity contribution in [2.24, 2.45) is 0 Å². The largest absolute Gasteiger partial charge is 0.388 e. The first-order chi connectivity index (χ1) is 9.48. The van der Waals surface area contributed by atoms with Gasteiger partial charge in [-0.25, -0.2) is 0 Å². The van der Waals surface area contributed by atoms with Gasteiger partial charge in [-0.3, -0.25) is 4.79 Å². The van der Waals surface area contributed by atoms with Crippen molar-refractivity contribution in [2.75, 3.05) is 18.8 Å². The molecule has 1 fully saturated rings. The van der Waals surface area contributed by atoms with Crippen molar-refractivity contribution in [3.05, 3.63) is 29.3 Å². The predicted octanol–water partition coefficient (Wildman–Crippen LogP) is 3.20. The minimum Gasteiger partial charge on any atom is -0.388 e. The zero-order valence-electron chi connectivity index (χ0n) is 11.6. The summed E-state index contributed by atoms with van der Waals surface area (Å²) in [5, 5.41) is 10.7. The molecule has 1 atom stereocenters. The molecule has 0 saturated carbocycles. The molecule has 0 aliphatic carbocycles. The van der Waals surface area contributed by atoms with E-state index in [1.807, 2.05) is 24.3 Å². The molecule has 0 aromatic heterocycles. The second-order valence-electron chi connectivity index (χ2n) is 5.44. The van der Waals surface area contributed by atoms with Crippen LogP contribution in [0.3, 0.4) is 0 Å². The van der Waals surface area contributed by atoms with Crippen LogP contribution in [0.1, 0.15) is 26.2 Å². The summed E-state index contributed by atoms with van der Waals surface area (Å²) >= 11 is 7.67. The molecule has 2 rings (SSSR count). The van der Waals surface area contributed by atoms with E-state index in [9.17, 15) is 9.90 Å². The van der Waals surface area contributed by atoms with Gasteiger partial charge in [0.05, 0.1) is 10.6 Å². The van der Waals surface area contributed by atoms with Gasteiger partial charge >= 0.3 is 0 Å². The van der Waals surface area contributed by atoms with Crippen LogP contribution in [0.2, 0.25) is 5.02 Å². The Labute approximate surface area is 129 Å². The van der Waals surface area contributed by atoms with Gasteiger partial charge in [-0.1, -0.05) is 23.7 Å². The number of halogens is 1. The normalized spacial score (nSPS) is 22.9. The second kappa shape index (κ2) is 6.83. The first-order valence-corrected chi connectivity index (χ1v) is 8.22. The Balaban J connectivity index is 1.79. The summed E-state index contributed by atoms with van der Waals surface area (Å²) in [5.74, 6) is 0.825. The lowest BCUT2D eigenvalue weighted by Gasteiger charge is -2.36. The number of amides is 1. The highest BCUT2D eigenvalue weighted by atomic mass is 35.5. The van der Waals surface area contributed by atoms with Crippen LogP contribution in [-0.4, -0.2) is 40.4 Å². The maximum atomic E-state index is 12.1. The molecular weight excluding hydrogens is 294 g/mol. The number of carbonyl (C=O) groups is 1. The number of β-amino-alcohol motifs (C(OH)–C–C–N with tert-alkyl or cyclic N) is 1. The number of thioether (sulfide) groups is 1. The average molecular weight is 314 g/mol. The van der Waals surface area contributed by atoms with Crippen LogP contribution in [0.5, 0.6) is 0 Å². The number of benzene rings is 1. The first-order valence-electron chi connectivity index (χ1n) is 6.85. The standard InChI is InChI=1S/C15H20ClNO2S/c1-15(19)8-4-9-17(11-15)14(18)7-10-20-13-6-3-2-5-12(13)16/h2-3,5-6,19H,4,7-11H2,1H3. The van der Waals surface area contributed by atoms with Crippen molar-refractivity contribution in [2.45, 2.75) is 36.7 Å². The maximum absolute atomic E-state index is 12.1. The van der Waals surface area contributed by atoms with Gasteiger partial charge in [0.2, 0.25) is 5.91 Å². The smallest absolute Gasteiger partial charge is 0.223 e. The van der Waals surface area contributed by atoms with E-state index in [2.05, 4.69) is 0 Å². The van der Waals surface area contributed by atoms with E-state index >= 15 is 0 Å². The molecule has 1 heterocycles. The van der Waals surface area contributed by atoms with E-state index in [0.29, 0.717) is 18.7 Å². The molecule has 20 heavy (non-hydrogen) atoms. The molecule has 1 unspecified atom stereocenters. The van der Waals surface area contributed by atoms with Crippen molar-refractivity contribution in [3.8, 4) is 0 Å². The molecule has 1 N–H and O–H groups in total. The van der Waals surface area contributed by atoms with Gasteiger partial charge in [0.15, 0.2) is 0 Å². The Hall–Kier alpha value is -0.710. The van der Waals surface area contributed by atoms with Crippen LogP contribution in [0, 0.1) is 0 Å². The summed E-state index contributed by atoms with van der Waals surface area (Å²) in [6.45, 7) is 3.00. The number of nitrogens with zero attached hydrogens (tertiary/aromatic N) is 1. The quantitative estimate of drug-likeness (QED) is 0.868. The molecule has 1 aliphatic heterocycles. The van der Waals surface area contributed by atoms with Crippen LogP contribution < -0.4 is 0 Å². The highest BCUT2D eigenvalue weighted by molar-refractivity contribution is 7.99. The topological polar surface area (TPSA) is 40.5 Å². The number of likely N-dealkylation sites (tertiary alicyclic amines) is 1. The highest BCUT2D eigenvalue weighted by Gasteiger charge is 2.30. The summed E-state index contributed by atoms with van der Waals surface area (Å²) in [7, 11) is 0. The van der Waals surface area contributed by atoms with Gasteiger partial charge in [0.1, 0.15) is 0 Å². The molecule has 0 bridgehead atoms. The SMILES string of the molecule is CC1(O)CCCN(C(=O)CCSc2ccccc2Cl)C1. The van der Waals surface area contributed by atoms with E-state index in [1.54, 1.807) is 23.6 Å². The molecule has 1 aromatic carbocycles. The number of carbonyl (C=O) groups excluding carboxylic acids is 1. The molecule has 1 aromatic rings. The lowest BCUT2D eigenvalue weighted by atomic mass is 9.95. The molecule has 5 heteroatoms. The summed E-state index contributed by atoms with van der Waals surface area (Å²) in [5.41, 5.74) is -0.732. The fourth-order valence-corrected chi connectivity index (χ4v) is 3.58. The molecule has 0 spiro atoms. The molecule has 0 radical (unpaired) electrons. The fourth-order valence-electron chi connectivity index (χ4n) is 2.40. The van der Waals surface area contributed by atoms with Gasteiger partial charge < -0.3 is 10.0 Å². The number of piperidine rings is 1. The van der Waals surface area contributed by atoms with Crippen molar-refractivity contribution in [1.82, 2.24) is 4.90 Å². The summed E-state index contributed by atoms with van der Waals surface area (Å²) in [6.07, 6.45) is 2.12. The number of hydrogen-bond acceptors (Lipinski definition) is 3. The van der Waals surface area contributed by atoms with Crippen molar-refractivity contribution in [3.63, 3.8) is 0 Å². The van der Waals surface area contributed by atoms with Gasteiger partial charge in [0.25, 0.3) is 0 Å². The Morgan fingerprint density at radius 2 is 2.25 bits per heavy atom. The van der Waals surface area contributed by atoms with E-state index in [-0.39, 0.29) is 5.91 Å². The van der Waals surface area contributed by atoms with E-state index < -0.39 is 5.60 Å². The van der Waals surface area contributed by atoms with Crippen LogP contribution >= 0.6 is 23.4 Å². The zero-order chi connectivity index (χ0) is 14.6. The fraction of sp³-hybridized carbons (Fsp3) is 0.533. The maximum Gasteiger partial charge on any atom is 0.223 e. The Bertz CT molecular complexity index is 479. The zero-order valence-corrected chi connectivity index (χ0v) is 13.2. The Kier molecular flexibility index (Phi) is 5.35. The lowest BCUT2D eigenvalue weighted by molar-refractivity contribution is -0.137. The van der Waals surface area contributed by atoms with Gasteiger partial charge in [0, 0.05) is 30.2 Å². The van der Waals surface area contributed by atoms with Crippen LogP contribution in [-0.2, 0) is 4.79 Å². The molecule has 110 valence electrons. The van der Waals surface area contributed by atoms with Crippen molar-refractivity contribution in [1.29, 1.82) is 0 Å². The van der Waals surface area contributed by atoms with E-state index in [1.165, 1.54) is 0 Å². The first kappa shape index (κ1) is 15.7. The van der Waals surface area contributed by atoms with Crippen molar-refractivity contribution < 1.29 is 9.90 Å². The second-order valence-corrected chi connectivity index (χ2v) is 6.99. The average Bonchev–Trinajstić information content (AvgIpc) is 2.39. The van der Waals surface area contributed by atoms with E-state index in [0.717, 1.165) is 29.3 Å². The van der Waals surface area contributed by atoms with Gasteiger partial charge in [-0.2, -0.15) is 0 Å². The summed E-state index contributed by atoms with van der Waals surface area (Å²) in [4.78, 5) is 14.9. The van der Waals surface area contributed by atoms with Gasteiger partial charge in [-0.05, 0) is 31.9 Å². The predicted molar refractivity (Wildman–Crippen MR) is 83.2 cm³/mol. The summed E-state index contributed by atoms with van der Waals surface area (Å²) in [6, 6.07) is 7.65. The Morgan fingerprint density at radius 1 is 1.50 bits per heavy atom. The number of rotatable bonds is 4. The molecule has 1 amide bonds. The van der Waals surface area contributed by atoms with Crippen LogP contribution in [0.15, 0.2) is 29.2 Å². The minimum absolute atomic E-state index is 0.115. The van der Waals surface area contributed by atoms with Crippen molar-refractivity contribution >= 4 is 29.3 Å². The number of aliphatic hydroxyl groups is 1. The van der Waals surface area contributed by atoms with Crippen LogP contribution in [0.25, 0.3) is 0 Å². The molecule has 1 aliphatic rings. The summed E-state index contributed by atoms with van der Waals surface area (Å²) < 4.78 is 0. The third kappa shape index (κ3) is 4.40. The molecule has 3 nitrogen and oxygen atoms in total. The molecule has 1 saturated heterocycles. The van der Waals surface area contributed by atoms with E-state index in [4.69, 9.17) is 11.6 Å². The monoisotopic (exact) mass is 313 g/mol. The van der Waals surface area contributed by atoms with Gasteiger partial charge in [-0.15, -0.1) is 11.8 Å².